The first-order valence-electron chi connectivity index (χ1n) is 14.8. The van der Waals surface area contributed by atoms with Crippen LogP contribution in [0.5, 0.6) is 0 Å². The molecule has 0 radical (unpaired) electrons. The fraction of sp³-hybridized carbons (Fsp3) is 0.467. The fourth-order valence-corrected chi connectivity index (χ4v) is 5.65. The molecule has 0 aliphatic carbocycles. The lowest BCUT2D eigenvalue weighted by Gasteiger charge is -2.37. The van der Waals surface area contributed by atoms with Gasteiger partial charge in [-0.25, -0.2) is 19.9 Å². The zero-order valence-electron chi connectivity index (χ0n) is 24.8. The zero-order valence-corrected chi connectivity index (χ0v) is 24.8. The van der Waals surface area contributed by atoms with Crippen molar-refractivity contribution < 1.29 is 9.59 Å². The Morgan fingerprint density at radius 1 is 0.795 bits per heavy atom. The van der Waals surface area contributed by atoms with E-state index < -0.39 is 0 Å². The molecule has 14 heteroatoms. The minimum absolute atomic E-state index is 0.0589. The Balaban J connectivity index is 0.000000175. The van der Waals surface area contributed by atoms with Crippen molar-refractivity contribution in [3.05, 3.63) is 37.2 Å². The van der Waals surface area contributed by atoms with Crippen LogP contribution in [0.1, 0.15) is 39.5 Å². The molecule has 44 heavy (non-hydrogen) atoms. The number of nitrogens with zero attached hydrogens (tertiary/aromatic N) is 8. The maximum absolute atomic E-state index is 11.9. The quantitative estimate of drug-likeness (QED) is 0.257. The van der Waals surface area contributed by atoms with E-state index in [4.69, 9.17) is 10.5 Å². The van der Waals surface area contributed by atoms with E-state index in [0.717, 1.165) is 46.5 Å². The highest BCUT2D eigenvalue weighted by molar-refractivity contribution is 5.87. The Hall–Kier alpha value is -5.24. The van der Waals surface area contributed by atoms with Crippen LogP contribution in [0.4, 0.5) is 11.6 Å². The molecule has 0 saturated carbocycles. The van der Waals surface area contributed by atoms with Gasteiger partial charge < -0.3 is 30.4 Å². The highest BCUT2D eigenvalue weighted by atomic mass is 16.2. The number of hydrogen-bond donors (Lipinski definition) is 4. The van der Waals surface area contributed by atoms with Crippen molar-refractivity contribution in [1.82, 2.24) is 39.7 Å². The van der Waals surface area contributed by atoms with E-state index in [-0.39, 0.29) is 36.7 Å². The molecule has 2 fully saturated rings. The summed E-state index contributed by atoms with van der Waals surface area (Å²) in [5.74, 6) is 2.20. The Kier molecular flexibility index (Phi) is 9.49. The van der Waals surface area contributed by atoms with Crippen LogP contribution in [-0.2, 0) is 9.59 Å². The number of carbonyl (C=O) groups is 2. The van der Waals surface area contributed by atoms with Gasteiger partial charge in [0.05, 0.1) is 22.9 Å². The minimum Gasteiger partial charge on any atom is -0.365 e. The first-order valence-corrected chi connectivity index (χ1v) is 14.8. The number of amides is 2. The molecule has 228 valence electrons. The van der Waals surface area contributed by atoms with Crippen LogP contribution < -0.4 is 10.6 Å². The largest absolute Gasteiger partial charge is 0.365 e. The Morgan fingerprint density at radius 2 is 1.23 bits per heavy atom. The van der Waals surface area contributed by atoms with Gasteiger partial charge >= 0.3 is 0 Å². The highest BCUT2D eigenvalue weighted by Crippen LogP contribution is 2.26. The average molecular weight is 597 g/mol. The van der Waals surface area contributed by atoms with E-state index in [9.17, 15) is 9.59 Å². The van der Waals surface area contributed by atoms with Gasteiger partial charge in [0.15, 0.2) is 0 Å². The van der Waals surface area contributed by atoms with E-state index in [1.54, 1.807) is 9.80 Å². The van der Waals surface area contributed by atoms with Crippen LogP contribution in [0, 0.1) is 34.5 Å². The average Bonchev–Trinajstić information content (AvgIpc) is 3.71. The van der Waals surface area contributed by atoms with Crippen molar-refractivity contribution in [2.45, 2.75) is 51.6 Å². The first kappa shape index (κ1) is 30.2. The number of nitriles is 2. The smallest absolute Gasteiger partial charge is 0.236 e. The van der Waals surface area contributed by atoms with Crippen molar-refractivity contribution in [3.63, 3.8) is 0 Å². The van der Waals surface area contributed by atoms with Crippen LogP contribution in [-0.4, -0.2) is 89.8 Å². The minimum atomic E-state index is -0.101. The Labute approximate surface area is 254 Å². The second-order valence-corrected chi connectivity index (χ2v) is 11.3. The number of carbonyl (C=O) groups excluding carboxylic acids is 2. The third-order valence-corrected chi connectivity index (χ3v) is 8.43. The van der Waals surface area contributed by atoms with Gasteiger partial charge in [-0.3, -0.25) is 9.59 Å². The van der Waals surface area contributed by atoms with Crippen molar-refractivity contribution in [3.8, 4) is 12.1 Å². The van der Waals surface area contributed by atoms with Crippen LogP contribution >= 0.6 is 0 Å². The molecule has 2 amide bonds. The summed E-state index contributed by atoms with van der Waals surface area (Å²) < 4.78 is 0. The van der Waals surface area contributed by atoms with Crippen LogP contribution in [0.25, 0.3) is 22.1 Å². The summed E-state index contributed by atoms with van der Waals surface area (Å²) in [6, 6.07) is 7.95. The van der Waals surface area contributed by atoms with E-state index >= 15 is 0 Å². The molecule has 6 heterocycles. The van der Waals surface area contributed by atoms with Gasteiger partial charge in [-0.15, -0.1) is 0 Å². The summed E-state index contributed by atoms with van der Waals surface area (Å²) in [6.07, 6.45) is 8.41. The molecular formula is C30H36N12O2. The van der Waals surface area contributed by atoms with Crippen molar-refractivity contribution in [1.29, 1.82) is 10.5 Å². The van der Waals surface area contributed by atoms with Gasteiger partial charge in [-0.05, 0) is 36.8 Å². The lowest BCUT2D eigenvalue weighted by molar-refractivity contribution is -0.132. The van der Waals surface area contributed by atoms with E-state index in [1.165, 1.54) is 12.7 Å². The number of aromatic nitrogens is 6. The topological polar surface area (TPSA) is 195 Å². The second kappa shape index (κ2) is 13.8. The van der Waals surface area contributed by atoms with Gasteiger partial charge in [-0.2, -0.15) is 10.5 Å². The molecule has 2 saturated heterocycles. The van der Waals surface area contributed by atoms with Crippen molar-refractivity contribution in [2.24, 2.45) is 11.8 Å². The number of anilines is 2. The molecule has 4 N–H and O–H groups in total. The number of fused-ring (bicyclic) bond motifs is 2. The van der Waals surface area contributed by atoms with E-state index in [1.807, 2.05) is 36.7 Å². The molecule has 14 nitrogen and oxygen atoms in total. The maximum Gasteiger partial charge on any atom is 0.236 e. The van der Waals surface area contributed by atoms with E-state index in [0.29, 0.717) is 38.0 Å². The van der Waals surface area contributed by atoms with Gasteiger partial charge in [0.1, 0.15) is 48.4 Å². The molecule has 2 aliphatic heterocycles. The Morgan fingerprint density at radius 3 is 1.64 bits per heavy atom. The summed E-state index contributed by atoms with van der Waals surface area (Å²) in [4.78, 5) is 50.5. The number of likely N-dealkylation sites (tertiary alicyclic amines) is 2. The number of rotatable bonds is 6. The molecule has 0 unspecified atom stereocenters. The zero-order chi connectivity index (χ0) is 31.1. The highest BCUT2D eigenvalue weighted by Gasteiger charge is 2.30. The maximum atomic E-state index is 11.9. The van der Waals surface area contributed by atoms with Gasteiger partial charge in [0, 0.05) is 50.7 Å². The summed E-state index contributed by atoms with van der Waals surface area (Å²) in [6.45, 7) is 6.94. The first-order chi connectivity index (χ1) is 21.4. The summed E-state index contributed by atoms with van der Waals surface area (Å²) >= 11 is 0. The fourth-order valence-electron chi connectivity index (χ4n) is 5.65. The number of piperidine rings is 2. The van der Waals surface area contributed by atoms with Crippen LogP contribution in [0.15, 0.2) is 37.2 Å². The molecule has 0 bridgehead atoms. The normalized spacial score (nSPS) is 21.5. The third-order valence-electron chi connectivity index (χ3n) is 8.43. The molecule has 4 atom stereocenters. The van der Waals surface area contributed by atoms with Crippen molar-refractivity contribution in [2.75, 3.05) is 36.8 Å². The van der Waals surface area contributed by atoms with Gasteiger partial charge in [0.2, 0.25) is 11.8 Å². The number of hydrogen-bond acceptors (Lipinski definition) is 10. The SMILES string of the molecule is C[C@@H]1CCN(C(=O)CC#N)C[C@@H]1Nc1ncnc2[nH]ccc12.C[C@H]1CCN(C(=O)CC#N)C[C@H]1Nc1ncnc2[nH]ccc12. The molecule has 4 aromatic rings. The third kappa shape index (κ3) is 6.86. The molecule has 2 aliphatic rings. The molecule has 4 aromatic heterocycles. The molecular weight excluding hydrogens is 560 g/mol. The second-order valence-electron chi connectivity index (χ2n) is 11.3. The van der Waals surface area contributed by atoms with Crippen LogP contribution in [0.2, 0.25) is 0 Å². The number of H-pyrrole nitrogens is 2. The van der Waals surface area contributed by atoms with Crippen molar-refractivity contribution >= 4 is 45.5 Å². The van der Waals surface area contributed by atoms with Crippen LogP contribution in [0.3, 0.4) is 0 Å². The van der Waals surface area contributed by atoms with Gasteiger partial charge in [0.25, 0.3) is 0 Å². The Bertz CT molecular complexity index is 1560. The molecule has 6 rings (SSSR count). The standard InChI is InChI=1S/2C15H18N6O/c2*1-10-4-7-21(13(22)2-5-16)8-12(10)20-15-11-3-6-17-14(11)18-9-19-15/h2*3,6,9-10,12H,2,4,7-8H2,1H3,(H2,17,18,19,20)/t2*10-,12+/m10/s1. The molecule has 0 aromatic carbocycles. The monoisotopic (exact) mass is 596 g/mol. The van der Waals surface area contributed by atoms with E-state index in [2.05, 4.69) is 54.4 Å². The summed E-state index contributed by atoms with van der Waals surface area (Å²) in [5.41, 5.74) is 1.58. The lowest BCUT2D eigenvalue weighted by atomic mass is 9.93. The number of aromatic amines is 2. The van der Waals surface area contributed by atoms with Gasteiger partial charge in [-0.1, -0.05) is 13.8 Å². The number of nitrogens with one attached hydrogen (secondary N) is 4. The predicted molar refractivity (Wildman–Crippen MR) is 164 cm³/mol. The summed E-state index contributed by atoms with van der Waals surface area (Å²) in [7, 11) is 0. The molecule has 0 spiro atoms. The predicted octanol–water partition coefficient (Wildman–Crippen LogP) is 3.04. The lowest BCUT2D eigenvalue weighted by Crippen LogP contribution is -2.49. The summed E-state index contributed by atoms with van der Waals surface area (Å²) in [5, 5.41) is 26.1.